The molecule has 1 aromatic rings. The molecular weight excluding hydrogens is 326 g/mol. The molecule has 0 aliphatic carbocycles. The number of rotatable bonds is 7. The van der Waals surface area contributed by atoms with Gasteiger partial charge in [-0.05, 0) is 38.5 Å². The van der Waals surface area contributed by atoms with Crippen molar-refractivity contribution in [3.8, 4) is 5.75 Å². The summed E-state index contributed by atoms with van der Waals surface area (Å²) in [7, 11) is 0. The van der Waals surface area contributed by atoms with Crippen LogP contribution in [0.3, 0.4) is 0 Å². The van der Waals surface area contributed by atoms with Crippen molar-refractivity contribution in [3.63, 3.8) is 0 Å². The van der Waals surface area contributed by atoms with Gasteiger partial charge in [-0.3, -0.25) is 4.79 Å². The molecule has 0 atom stereocenters. The number of hydrogen-bond donors (Lipinski definition) is 1. The van der Waals surface area contributed by atoms with Gasteiger partial charge in [-0.2, -0.15) is 0 Å². The average Bonchev–Trinajstić information content (AvgIpc) is 2.47. The van der Waals surface area contributed by atoms with E-state index in [9.17, 15) is 9.59 Å². The fourth-order valence-electron chi connectivity index (χ4n) is 1.68. The molecule has 0 radical (unpaired) electrons. The number of hydrogen-bond acceptors (Lipinski definition) is 5. The fourth-order valence-corrected chi connectivity index (χ4v) is 2.50. The Morgan fingerprint density at radius 2 is 1.96 bits per heavy atom. The Morgan fingerprint density at radius 1 is 1.25 bits per heavy atom. The summed E-state index contributed by atoms with van der Waals surface area (Å²) in [6.07, 6.45) is -0.455. The van der Waals surface area contributed by atoms with Crippen molar-refractivity contribution in [1.82, 2.24) is 5.32 Å². The van der Waals surface area contributed by atoms with E-state index in [0.717, 1.165) is 11.3 Å². The number of thioether (sulfide) groups is 1. The molecule has 1 amide bonds. The molecule has 1 aromatic carbocycles. The molecule has 0 aliphatic heterocycles. The lowest BCUT2D eigenvalue weighted by Gasteiger charge is -2.19. The molecule has 0 fully saturated rings. The number of ether oxygens (including phenoxy) is 2. The highest BCUT2D eigenvalue weighted by Gasteiger charge is 2.15. The fraction of sp³-hybridized carbons (Fsp3) is 0.556. The zero-order valence-corrected chi connectivity index (χ0v) is 15.9. The molecule has 0 unspecified atom stereocenters. The van der Waals surface area contributed by atoms with Crippen LogP contribution in [0.2, 0.25) is 0 Å². The van der Waals surface area contributed by atoms with Crippen LogP contribution in [-0.2, 0) is 15.3 Å². The molecule has 1 N–H and O–H groups in total. The van der Waals surface area contributed by atoms with Crippen molar-refractivity contribution in [2.75, 3.05) is 13.2 Å². The maximum Gasteiger partial charge on any atom is 0.407 e. The number of benzene rings is 1. The SMILES string of the molecule is CC(C)C(=O)SCc1cccc(OCCNC(=O)OC(C)(C)C)c1. The van der Waals surface area contributed by atoms with Gasteiger partial charge < -0.3 is 14.8 Å². The predicted molar refractivity (Wildman–Crippen MR) is 97.3 cm³/mol. The lowest BCUT2D eigenvalue weighted by molar-refractivity contribution is -0.113. The van der Waals surface area contributed by atoms with E-state index in [1.807, 2.05) is 58.9 Å². The van der Waals surface area contributed by atoms with Crippen LogP contribution >= 0.6 is 11.8 Å². The third kappa shape index (κ3) is 8.82. The van der Waals surface area contributed by atoms with Crippen molar-refractivity contribution in [3.05, 3.63) is 29.8 Å². The summed E-state index contributed by atoms with van der Waals surface area (Å²) >= 11 is 1.32. The third-order valence-corrected chi connectivity index (χ3v) is 4.02. The monoisotopic (exact) mass is 353 g/mol. The molecule has 0 bridgehead atoms. The topological polar surface area (TPSA) is 64.6 Å². The van der Waals surface area contributed by atoms with Crippen molar-refractivity contribution < 1.29 is 19.1 Å². The summed E-state index contributed by atoms with van der Waals surface area (Å²) in [6.45, 7) is 9.95. The van der Waals surface area contributed by atoms with Gasteiger partial charge in [0.2, 0.25) is 0 Å². The molecule has 134 valence electrons. The van der Waals surface area contributed by atoms with Gasteiger partial charge in [-0.1, -0.05) is 37.7 Å². The predicted octanol–water partition coefficient (Wildman–Crippen LogP) is 4.01. The van der Waals surface area contributed by atoms with Crippen LogP contribution in [0.5, 0.6) is 5.75 Å². The first-order chi connectivity index (χ1) is 11.2. The lowest BCUT2D eigenvalue weighted by Crippen LogP contribution is -2.34. The Labute approximate surface area is 148 Å². The van der Waals surface area contributed by atoms with Crippen molar-refractivity contribution in [2.45, 2.75) is 46.0 Å². The number of amides is 1. The van der Waals surface area contributed by atoms with Gasteiger partial charge in [0.05, 0.1) is 6.54 Å². The van der Waals surface area contributed by atoms with Gasteiger partial charge in [0, 0.05) is 11.7 Å². The minimum absolute atomic E-state index is 0.0355. The van der Waals surface area contributed by atoms with E-state index in [2.05, 4.69) is 5.32 Å². The Bertz CT molecular complexity index is 552. The largest absolute Gasteiger partial charge is 0.492 e. The second-order valence-electron chi connectivity index (χ2n) is 6.69. The van der Waals surface area contributed by atoms with Gasteiger partial charge in [-0.15, -0.1) is 0 Å². The van der Waals surface area contributed by atoms with Gasteiger partial charge in [0.1, 0.15) is 18.0 Å². The first-order valence-electron chi connectivity index (χ1n) is 8.02. The Morgan fingerprint density at radius 3 is 2.58 bits per heavy atom. The smallest absolute Gasteiger partial charge is 0.407 e. The minimum atomic E-state index is -0.510. The molecule has 0 aliphatic rings. The summed E-state index contributed by atoms with van der Waals surface area (Å²) in [5.41, 5.74) is 0.524. The maximum atomic E-state index is 11.7. The molecule has 1 rings (SSSR count). The van der Waals surface area contributed by atoms with E-state index < -0.39 is 11.7 Å². The number of nitrogens with one attached hydrogen (secondary N) is 1. The minimum Gasteiger partial charge on any atom is -0.492 e. The Kier molecular flexibility index (Phi) is 8.11. The third-order valence-electron chi connectivity index (χ3n) is 2.79. The van der Waals surface area contributed by atoms with Gasteiger partial charge in [0.15, 0.2) is 5.12 Å². The standard InChI is InChI=1S/C18H27NO4S/c1-13(2)16(20)24-12-14-7-6-8-15(11-14)22-10-9-19-17(21)23-18(3,4)5/h6-8,11,13H,9-10,12H2,1-5H3,(H,19,21). The van der Waals surface area contributed by atoms with Crippen LogP contribution in [0.15, 0.2) is 24.3 Å². The van der Waals surface area contributed by atoms with Crippen molar-refractivity contribution in [1.29, 1.82) is 0 Å². The molecule has 0 saturated carbocycles. The summed E-state index contributed by atoms with van der Waals surface area (Å²) < 4.78 is 10.8. The number of carbonyl (C=O) groups is 2. The average molecular weight is 353 g/mol. The van der Waals surface area contributed by atoms with E-state index in [-0.39, 0.29) is 11.0 Å². The van der Waals surface area contributed by atoms with Crippen LogP contribution in [0.25, 0.3) is 0 Å². The Hall–Kier alpha value is -1.69. The van der Waals surface area contributed by atoms with Gasteiger partial charge in [-0.25, -0.2) is 4.79 Å². The summed E-state index contributed by atoms with van der Waals surface area (Å²) in [5, 5.41) is 2.82. The zero-order valence-electron chi connectivity index (χ0n) is 15.0. The molecule has 0 saturated heterocycles. The Balaban J connectivity index is 2.35. The highest BCUT2D eigenvalue weighted by atomic mass is 32.2. The number of alkyl carbamates (subject to hydrolysis) is 1. The van der Waals surface area contributed by atoms with Crippen LogP contribution < -0.4 is 10.1 Å². The van der Waals surface area contributed by atoms with Crippen LogP contribution in [0, 0.1) is 5.92 Å². The highest BCUT2D eigenvalue weighted by molar-refractivity contribution is 8.13. The highest BCUT2D eigenvalue weighted by Crippen LogP contribution is 2.20. The van der Waals surface area contributed by atoms with Gasteiger partial charge in [0.25, 0.3) is 0 Å². The first kappa shape index (κ1) is 20.4. The number of carbonyl (C=O) groups excluding carboxylic acids is 2. The normalized spacial score (nSPS) is 11.2. The van der Waals surface area contributed by atoms with Crippen LogP contribution in [-0.4, -0.2) is 30.0 Å². The summed E-state index contributed by atoms with van der Waals surface area (Å²) in [6, 6.07) is 7.62. The molecule has 24 heavy (non-hydrogen) atoms. The molecule has 6 heteroatoms. The van der Waals surface area contributed by atoms with Crippen LogP contribution in [0.4, 0.5) is 4.79 Å². The molecule has 0 heterocycles. The van der Waals surface area contributed by atoms with Crippen molar-refractivity contribution >= 4 is 23.0 Å². The van der Waals surface area contributed by atoms with E-state index in [1.54, 1.807) is 0 Å². The molecule has 0 spiro atoms. The lowest BCUT2D eigenvalue weighted by atomic mass is 10.2. The van der Waals surface area contributed by atoms with Gasteiger partial charge >= 0.3 is 6.09 Å². The van der Waals surface area contributed by atoms with E-state index >= 15 is 0 Å². The van der Waals surface area contributed by atoms with Crippen molar-refractivity contribution in [2.24, 2.45) is 5.92 Å². The summed E-state index contributed by atoms with van der Waals surface area (Å²) in [5.74, 6) is 1.38. The molecular formula is C18H27NO4S. The van der Waals surface area contributed by atoms with E-state index in [1.165, 1.54) is 11.8 Å². The first-order valence-corrected chi connectivity index (χ1v) is 9.01. The zero-order chi connectivity index (χ0) is 18.2. The molecule has 0 aromatic heterocycles. The van der Waals surface area contributed by atoms with E-state index in [0.29, 0.717) is 18.9 Å². The maximum absolute atomic E-state index is 11.7. The van der Waals surface area contributed by atoms with Crippen LogP contribution in [0.1, 0.15) is 40.2 Å². The second-order valence-corrected chi connectivity index (χ2v) is 7.67. The summed E-state index contributed by atoms with van der Waals surface area (Å²) in [4.78, 5) is 23.2. The molecule has 5 nitrogen and oxygen atoms in total. The quantitative estimate of drug-likeness (QED) is 0.751. The second kappa shape index (κ2) is 9.57. The van der Waals surface area contributed by atoms with E-state index in [4.69, 9.17) is 9.47 Å².